The Labute approximate surface area is 198 Å². The number of methoxy groups -OCH3 is 2. The van der Waals surface area contributed by atoms with E-state index in [1.165, 1.54) is 0 Å². The van der Waals surface area contributed by atoms with Gasteiger partial charge in [-0.1, -0.05) is 23.9 Å². The van der Waals surface area contributed by atoms with Crippen molar-refractivity contribution in [3.05, 3.63) is 54.9 Å². The fourth-order valence-corrected chi connectivity index (χ4v) is 4.77. The Morgan fingerprint density at radius 3 is 3.00 bits per heavy atom. The van der Waals surface area contributed by atoms with Crippen LogP contribution < -0.4 is 4.74 Å². The van der Waals surface area contributed by atoms with Crippen LogP contribution in [0.4, 0.5) is 0 Å². The molecule has 3 heterocycles. The minimum absolute atomic E-state index is 0.101. The largest absolute Gasteiger partial charge is 0.497 e. The van der Waals surface area contributed by atoms with Gasteiger partial charge < -0.3 is 18.9 Å². The van der Waals surface area contributed by atoms with Crippen LogP contribution in [0.15, 0.2) is 54.3 Å². The Bertz CT molecular complexity index is 1060. The number of hydrogen-bond acceptors (Lipinski definition) is 7. The van der Waals surface area contributed by atoms with Crippen molar-refractivity contribution in [2.75, 3.05) is 39.7 Å². The normalized spacial score (nSPS) is 16.1. The zero-order valence-electron chi connectivity index (χ0n) is 19.0. The molecule has 1 atom stereocenters. The van der Waals surface area contributed by atoms with Crippen molar-refractivity contribution in [2.24, 2.45) is 0 Å². The second-order valence-electron chi connectivity index (χ2n) is 7.94. The van der Waals surface area contributed by atoms with Crippen LogP contribution in [-0.4, -0.2) is 70.0 Å². The molecule has 8 nitrogen and oxygen atoms in total. The lowest BCUT2D eigenvalue weighted by Crippen LogP contribution is -2.41. The highest BCUT2D eigenvalue weighted by molar-refractivity contribution is 7.99. The van der Waals surface area contributed by atoms with Gasteiger partial charge in [0.2, 0.25) is 5.91 Å². The van der Waals surface area contributed by atoms with Gasteiger partial charge in [-0.05, 0) is 30.5 Å². The number of carbonyl (C=O) groups is 1. The molecule has 33 heavy (non-hydrogen) atoms. The topological polar surface area (TPSA) is 82.4 Å². The molecule has 0 saturated carbocycles. The third kappa shape index (κ3) is 5.91. The Morgan fingerprint density at radius 2 is 2.21 bits per heavy atom. The SMILES string of the molecule is COCCSc1ncc(-c2cccc(OC)c2)c([C@H]2CCCN(C(=O)Cn3ccnc3)C2)n1. The van der Waals surface area contributed by atoms with Crippen LogP contribution in [0.2, 0.25) is 0 Å². The summed E-state index contributed by atoms with van der Waals surface area (Å²) in [5.41, 5.74) is 2.98. The molecule has 2 aromatic heterocycles. The molecule has 0 unspecified atom stereocenters. The van der Waals surface area contributed by atoms with E-state index in [2.05, 4.69) is 9.97 Å². The molecule has 0 bridgehead atoms. The second kappa shape index (κ2) is 11.3. The van der Waals surface area contributed by atoms with Crippen molar-refractivity contribution < 1.29 is 14.3 Å². The first kappa shape index (κ1) is 23.3. The zero-order valence-corrected chi connectivity index (χ0v) is 19.8. The lowest BCUT2D eigenvalue weighted by atomic mass is 9.90. The minimum atomic E-state index is 0.101. The van der Waals surface area contributed by atoms with Gasteiger partial charge in [0.15, 0.2) is 5.16 Å². The van der Waals surface area contributed by atoms with E-state index in [-0.39, 0.29) is 11.8 Å². The number of benzene rings is 1. The van der Waals surface area contributed by atoms with E-state index in [9.17, 15) is 4.79 Å². The first-order valence-electron chi connectivity index (χ1n) is 11.0. The third-order valence-electron chi connectivity index (χ3n) is 5.73. The summed E-state index contributed by atoms with van der Waals surface area (Å²) in [6.45, 7) is 2.35. The molecule has 3 aromatic rings. The highest BCUT2D eigenvalue weighted by atomic mass is 32.2. The lowest BCUT2D eigenvalue weighted by molar-refractivity contribution is -0.133. The van der Waals surface area contributed by atoms with Crippen LogP contribution in [0.3, 0.4) is 0 Å². The maximum Gasteiger partial charge on any atom is 0.242 e. The lowest BCUT2D eigenvalue weighted by Gasteiger charge is -2.33. The van der Waals surface area contributed by atoms with Crippen LogP contribution in [-0.2, 0) is 16.1 Å². The number of hydrogen-bond donors (Lipinski definition) is 0. The summed E-state index contributed by atoms with van der Waals surface area (Å²) >= 11 is 1.58. The Hall–Kier alpha value is -2.91. The molecule has 1 saturated heterocycles. The molecule has 0 spiro atoms. The van der Waals surface area contributed by atoms with E-state index in [0.29, 0.717) is 19.7 Å². The second-order valence-corrected chi connectivity index (χ2v) is 9.00. The van der Waals surface area contributed by atoms with E-state index in [1.54, 1.807) is 38.5 Å². The molecule has 4 rings (SSSR count). The highest BCUT2D eigenvalue weighted by Gasteiger charge is 2.28. The molecule has 1 aliphatic rings. The van der Waals surface area contributed by atoms with Crippen LogP contribution in [0, 0.1) is 0 Å². The molecule has 0 radical (unpaired) electrons. The third-order valence-corrected chi connectivity index (χ3v) is 6.56. The van der Waals surface area contributed by atoms with Crippen molar-refractivity contribution in [3.8, 4) is 16.9 Å². The number of amides is 1. The maximum atomic E-state index is 12.9. The van der Waals surface area contributed by atoms with Crippen molar-refractivity contribution in [3.63, 3.8) is 0 Å². The van der Waals surface area contributed by atoms with Crippen LogP contribution >= 0.6 is 11.8 Å². The highest BCUT2D eigenvalue weighted by Crippen LogP contribution is 2.35. The van der Waals surface area contributed by atoms with E-state index >= 15 is 0 Å². The summed E-state index contributed by atoms with van der Waals surface area (Å²) < 4.78 is 12.4. The van der Waals surface area contributed by atoms with E-state index in [0.717, 1.165) is 52.9 Å². The van der Waals surface area contributed by atoms with Crippen LogP contribution in [0.25, 0.3) is 11.1 Å². The van der Waals surface area contributed by atoms with Crippen molar-refractivity contribution >= 4 is 17.7 Å². The Balaban J connectivity index is 1.61. The number of nitrogens with zero attached hydrogens (tertiary/aromatic N) is 5. The number of likely N-dealkylation sites (tertiary alicyclic amines) is 1. The van der Waals surface area contributed by atoms with Crippen molar-refractivity contribution in [2.45, 2.75) is 30.5 Å². The molecular formula is C24H29N5O3S. The summed E-state index contributed by atoms with van der Waals surface area (Å²) in [5.74, 6) is 1.81. The fraction of sp³-hybridized carbons (Fsp3) is 0.417. The van der Waals surface area contributed by atoms with Gasteiger partial charge in [-0.15, -0.1) is 0 Å². The predicted molar refractivity (Wildman–Crippen MR) is 127 cm³/mol. The minimum Gasteiger partial charge on any atom is -0.497 e. The Morgan fingerprint density at radius 1 is 1.30 bits per heavy atom. The smallest absolute Gasteiger partial charge is 0.242 e. The predicted octanol–water partition coefficient (Wildman–Crippen LogP) is 3.49. The summed E-state index contributed by atoms with van der Waals surface area (Å²) in [6.07, 6.45) is 9.00. The fourth-order valence-electron chi connectivity index (χ4n) is 4.05. The van der Waals surface area contributed by atoms with E-state index in [1.807, 2.05) is 46.1 Å². The summed E-state index contributed by atoms with van der Waals surface area (Å²) in [6, 6.07) is 7.95. The molecule has 0 N–H and O–H groups in total. The number of ether oxygens (including phenoxy) is 2. The van der Waals surface area contributed by atoms with Gasteiger partial charge in [-0.3, -0.25) is 4.79 Å². The van der Waals surface area contributed by atoms with Gasteiger partial charge >= 0.3 is 0 Å². The molecule has 1 aliphatic heterocycles. The molecule has 1 amide bonds. The summed E-state index contributed by atoms with van der Waals surface area (Å²) in [5, 5.41) is 0.732. The molecule has 1 fully saturated rings. The molecule has 9 heteroatoms. The number of thioether (sulfide) groups is 1. The first-order valence-corrected chi connectivity index (χ1v) is 12.0. The standard InChI is InChI=1S/C24H29N5O3S/c1-31-11-12-33-24-26-14-21(18-5-3-7-20(13-18)32-2)23(27-24)19-6-4-9-29(15-19)22(30)16-28-10-8-25-17-28/h3,5,7-8,10,13-14,17,19H,4,6,9,11-12,15-16H2,1-2H3/t19-/m0/s1. The average molecular weight is 468 g/mol. The summed E-state index contributed by atoms with van der Waals surface area (Å²) in [7, 11) is 3.35. The number of rotatable bonds is 9. The van der Waals surface area contributed by atoms with Gasteiger partial charge in [-0.25, -0.2) is 15.0 Å². The van der Waals surface area contributed by atoms with Crippen LogP contribution in [0.5, 0.6) is 5.75 Å². The van der Waals surface area contributed by atoms with Gasteiger partial charge in [-0.2, -0.15) is 0 Å². The van der Waals surface area contributed by atoms with Crippen molar-refractivity contribution in [1.29, 1.82) is 0 Å². The zero-order chi connectivity index (χ0) is 23.0. The number of imidazole rings is 1. The number of aromatic nitrogens is 4. The van der Waals surface area contributed by atoms with Crippen molar-refractivity contribution in [1.82, 2.24) is 24.4 Å². The van der Waals surface area contributed by atoms with E-state index in [4.69, 9.17) is 14.5 Å². The van der Waals surface area contributed by atoms with E-state index < -0.39 is 0 Å². The molecular weight excluding hydrogens is 438 g/mol. The summed E-state index contributed by atoms with van der Waals surface area (Å²) in [4.78, 5) is 28.5. The van der Waals surface area contributed by atoms with Gasteiger partial charge in [0.1, 0.15) is 12.3 Å². The molecule has 174 valence electrons. The first-order chi connectivity index (χ1) is 16.2. The monoisotopic (exact) mass is 467 g/mol. The van der Waals surface area contributed by atoms with Gasteiger partial charge in [0.25, 0.3) is 0 Å². The van der Waals surface area contributed by atoms with Gasteiger partial charge in [0.05, 0.1) is 25.7 Å². The number of carbonyl (C=O) groups excluding carboxylic acids is 1. The molecule has 0 aliphatic carbocycles. The average Bonchev–Trinajstić information content (AvgIpc) is 3.37. The maximum absolute atomic E-state index is 12.9. The number of piperidine rings is 1. The Kier molecular flexibility index (Phi) is 7.96. The molecule has 1 aromatic carbocycles. The van der Waals surface area contributed by atoms with Crippen LogP contribution in [0.1, 0.15) is 24.5 Å². The van der Waals surface area contributed by atoms with Gasteiger partial charge in [0, 0.05) is 56.0 Å². The quantitative estimate of drug-likeness (QED) is 0.271.